The fraction of sp³-hybridized carbons (Fsp3) is 0.258. The number of nitrogens with zero attached hydrogens (tertiary/aromatic N) is 2. The van der Waals surface area contributed by atoms with Crippen molar-refractivity contribution in [3.05, 3.63) is 101 Å². The summed E-state index contributed by atoms with van der Waals surface area (Å²) in [7, 11) is 3.09. The number of fused-ring (bicyclic) bond motifs is 1. The van der Waals surface area contributed by atoms with E-state index in [2.05, 4.69) is 0 Å². The third-order valence-corrected chi connectivity index (χ3v) is 8.45. The van der Waals surface area contributed by atoms with Crippen LogP contribution in [0.3, 0.4) is 0 Å². The van der Waals surface area contributed by atoms with Crippen LogP contribution in [0.1, 0.15) is 44.1 Å². The van der Waals surface area contributed by atoms with E-state index in [1.54, 1.807) is 68.6 Å². The van der Waals surface area contributed by atoms with Gasteiger partial charge in [-0.05, 0) is 61.9 Å². The van der Waals surface area contributed by atoms with Crippen molar-refractivity contribution in [2.75, 3.05) is 20.8 Å². The second kappa shape index (κ2) is 12.6. The van der Waals surface area contributed by atoms with Gasteiger partial charge in [0.2, 0.25) is 0 Å². The van der Waals surface area contributed by atoms with Crippen LogP contribution in [0.5, 0.6) is 11.5 Å². The standard InChI is InChI=1S/C31H28Cl2N2O6S/c1-5-7-23-27(30(37)40-6-2)28(20-15-18(38-3)9-13-25(20)39-4)35-29(36)26(42-31(35)34-23)16-19-10-12-24(41-19)17-8-11-21(32)22(33)14-17/h8-16,28H,5-7H2,1-4H3/b26-16-/t28-/m1/s1. The van der Waals surface area contributed by atoms with E-state index in [9.17, 15) is 9.59 Å². The van der Waals surface area contributed by atoms with E-state index in [0.717, 1.165) is 12.0 Å². The van der Waals surface area contributed by atoms with E-state index in [1.807, 2.05) is 6.92 Å². The average molecular weight is 628 g/mol. The third kappa shape index (κ3) is 5.64. The summed E-state index contributed by atoms with van der Waals surface area (Å²) in [5.74, 6) is 1.55. The number of carbonyl (C=O) groups excluding carboxylic acids is 1. The van der Waals surface area contributed by atoms with Crippen LogP contribution in [0, 0.1) is 0 Å². The third-order valence-electron chi connectivity index (χ3n) is 6.73. The molecule has 8 nitrogen and oxygen atoms in total. The molecule has 42 heavy (non-hydrogen) atoms. The summed E-state index contributed by atoms with van der Waals surface area (Å²) in [4.78, 5) is 32.8. The molecule has 1 aliphatic heterocycles. The van der Waals surface area contributed by atoms with Crippen LogP contribution in [0.25, 0.3) is 17.4 Å². The van der Waals surface area contributed by atoms with Gasteiger partial charge in [0.15, 0.2) is 4.80 Å². The van der Waals surface area contributed by atoms with E-state index >= 15 is 0 Å². The van der Waals surface area contributed by atoms with Crippen LogP contribution < -0.4 is 24.4 Å². The van der Waals surface area contributed by atoms with Crippen molar-refractivity contribution in [3.63, 3.8) is 0 Å². The van der Waals surface area contributed by atoms with Gasteiger partial charge in [0.1, 0.15) is 29.1 Å². The zero-order valence-electron chi connectivity index (χ0n) is 23.4. The summed E-state index contributed by atoms with van der Waals surface area (Å²) in [6.07, 6.45) is 2.92. The van der Waals surface area contributed by atoms with Gasteiger partial charge in [-0.1, -0.05) is 47.9 Å². The second-order valence-corrected chi connectivity index (χ2v) is 11.2. The molecule has 11 heteroatoms. The van der Waals surface area contributed by atoms with Crippen molar-refractivity contribution >= 4 is 46.6 Å². The molecule has 0 bridgehead atoms. The van der Waals surface area contributed by atoms with Gasteiger partial charge in [-0.25, -0.2) is 9.79 Å². The number of aromatic nitrogens is 1. The molecule has 0 aliphatic carbocycles. The molecule has 0 N–H and O–H groups in total. The molecule has 0 amide bonds. The summed E-state index contributed by atoms with van der Waals surface area (Å²) >= 11 is 13.5. The van der Waals surface area contributed by atoms with E-state index in [1.165, 1.54) is 23.0 Å². The van der Waals surface area contributed by atoms with Crippen molar-refractivity contribution in [1.29, 1.82) is 0 Å². The molecule has 5 rings (SSSR count). The Kier molecular flexibility index (Phi) is 8.91. The molecule has 1 aliphatic rings. The molecule has 2 aromatic carbocycles. The number of halogens is 2. The fourth-order valence-electron chi connectivity index (χ4n) is 4.83. The molecule has 0 fully saturated rings. The van der Waals surface area contributed by atoms with Gasteiger partial charge in [0.05, 0.1) is 46.7 Å². The minimum atomic E-state index is -0.850. The minimum absolute atomic E-state index is 0.174. The lowest BCUT2D eigenvalue weighted by Crippen LogP contribution is -2.40. The van der Waals surface area contributed by atoms with Gasteiger partial charge in [-0.2, -0.15) is 0 Å². The first kappa shape index (κ1) is 29.7. The van der Waals surface area contributed by atoms with Crippen molar-refractivity contribution in [1.82, 2.24) is 4.57 Å². The lowest BCUT2D eigenvalue weighted by molar-refractivity contribution is -0.139. The van der Waals surface area contributed by atoms with Crippen molar-refractivity contribution in [2.45, 2.75) is 32.7 Å². The number of esters is 1. The normalized spacial score (nSPS) is 14.9. The second-order valence-electron chi connectivity index (χ2n) is 9.35. The van der Waals surface area contributed by atoms with Crippen LogP contribution >= 0.6 is 34.5 Å². The number of carbonyl (C=O) groups is 1. The molecule has 0 saturated heterocycles. The van der Waals surface area contributed by atoms with E-state index < -0.39 is 12.0 Å². The molecular weight excluding hydrogens is 599 g/mol. The number of ether oxygens (including phenoxy) is 3. The Morgan fingerprint density at radius 1 is 1.07 bits per heavy atom. The predicted molar refractivity (Wildman–Crippen MR) is 163 cm³/mol. The summed E-state index contributed by atoms with van der Waals surface area (Å²) < 4.78 is 24.6. The van der Waals surface area contributed by atoms with E-state index in [0.29, 0.717) is 65.7 Å². The monoisotopic (exact) mass is 626 g/mol. The molecular formula is C31H28Cl2N2O6S. The maximum Gasteiger partial charge on any atom is 0.338 e. The SMILES string of the molecule is CCCC1=C(C(=O)OCC)[C@@H](c2cc(OC)ccc2OC)n2c(s/c(=C\c3ccc(-c4ccc(Cl)c(Cl)c4)o3)c2=O)=N1. The largest absolute Gasteiger partial charge is 0.497 e. The lowest BCUT2D eigenvalue weighted by atomic mass is 9.93. The summed E-state index contributed by atoms with van der Waals surface area (Å²) in [6.45, 7) is 3.92. The van der Waals surface area contributed by atoms with Gasteiger partial charge in [0.25, 0.3) is 5.56 Å². The number of hydrogen-bond donors (Lipinski definition) is 0. The van der Waals surface area contributed by atoms with Gasteiger partial charge >= 0.3 is 5.97 Å². The first-order valence-corrected chi connectivity index (χ1v) is 14.9. The number of furan rings is 1. The predicted octanol–water partition coefficient (Wildman–Crippen LogP) is 6.16. The topological polar surface area (TPSA) is 92.3 Å². The molecule has 4 aromatic rings. The van der Waals surface area contributed by atoms with Crippen LogP contribution in [0.15, 0.2) is 74.0 Å². The zero-order valence-corrected chi connectivity index (χ0v) is 25.7. The fourth-order valence-corrected chi connectivity index (χ4v) is 6.13. The van der Waals surface area contributed by atoms with Gasteiger partial charge < -0.3 is 18.6 Å². The highest BCUT2D eigenvalue weighted by Gasteiger charge is 2.36. The first-order chi connectivity index (χ1) is 20.3. The number of benzene rings is 2. The van der Waals surface area contributed by atoms with Crippen LogP contribution in [-0.2, 0) is 9.53 Å². The number of rotatable bonds is 9. The highest BCUT2D eigenvalue weighted by molar-refractivity contribution is 7.07. The molecule has 0 saturated carbocycles. The minimum Gasteiger partial charge on any atom is -0.497 e. The molecule has 0 unspecified atom stereocenters. The van der Waals surface area contributed by atoms with E-state index in [4.69, 9.17) is 46.8 Å². The van der Waals surface area contributed by atoms with Crippen LogP contribution in [-0.4, -0.2) is 31.4 Å². The Balaban J connectivity index is 1.71. The summed E-state index contributed by atoms with van der Waals surface area (Å²) in [5, 5.41) is 0.855. The van der Waals surface area contributed by atoms with Crippen molar-refractivity contribution < 1.29 is 23.4 Å². The van der Waals surface area contributed by atoms with Crippen molar-refractivity contribution in [3.8, 4) is 22.8 Å². The molecule has 218 valence electrons. The smallest absolute Gasteiger partial charge is 0.338 e. The Hall–Kier alpha value is -3.79. The Labute approximate surface area is 256 Å². The molecule has 0 radical (unpaired) electrons. The summed E-state index contributed by atoms with van der Waals surface area (Å²) in [6, 6.07) is 13.2. The quantitative estimate of drug-likeness (QED) is 0.207. The molecule has 1 atom stereocenters. The zero-order chi connectivity index (χ0) is 30.0. The van der Waals surface area contributed by atoms with Gasteiger partial charge in [-0.3, -0.25) is 9.36 Å². The van der Waals surface area contributed by atoms with Crippen molar-refractivity contribution in [2.24, 2.45) is 4.99 Å². The number of methoxy groups -OCH3 is 2. The maximum atomic E-state index is 14.1. The number of allylic oxidation sites excluding steroid dienone is 1. The van der Waals surface area contributed by atoms with Gasteiger partial charge in [0, 0.05) is 17.2 Å². The lowest BCUT2D eigenvalue weighted by Gasteiger charge is -2.27. The van der Waals surface area contributed by atoms with Gasteiger partial charge in [-0.15, -0.1) is 0 Å². The molecule has 2 aromatic heterocycles. The molecule has 3 heterocycles. The number of thiazole rings is 1. The number of hydrogen-bond acceptors (Lipinski definition) is 8. The Morgan fingerprint density at radius 2 is 1.88 bits per heavy atom. The first-order valence-electron chi connectivity index (χ1n) is 13.3. The highest BCUT2D eigenvalue weighted by Crippen LogP contribution is 2.39. The van der Waals surface area contributed by atoms with Crippen LogP contribution in [0.4, 0.5) is 0 Å². The van der Waals surface area contributed by atoms with E-state index in [-0.39, 0.29) is 12.2 Å². The Bertz CT molecular complexity index is 1870. The summed E-state index contributed by atoms with van der Waals surface area (Å²) in [5.41, 5.74) is 1.86. The average Bonchev–Trinajstić information content (AvgIpc) is 3.58. The highest BCUT2D eigenvalue weighted by atomic mass is 35.5. The Morgan fingerprint density at radius 3 is 2.57 bits per heavy atom. The molecule has 0 spiro atoms. The van der Waals surface area contributed by atoms with Crippen LogP contribution in [0.2, 0.25) is 10.0 Å². The maximum absolute atomic E-state index is 14.1.